The van der Waals surface area contributed by atoms with E-state index in [1.807, 2.05) is 6.92 Å². The molecule has 0 bridgehead atoms. The van der Waals surface area contributed by atoms with E-state index in [-0.39, 0.29) is 55.7 Å². The highest BCUT2D eigenvalue weighted by Crippen LogP contribution is 2.12. The van der Waals surface area contributed by atoms with Crippen LogP contribution >= 0.6 is 0 Å². The Labute approximate surface area is 131 Å². The van der Waals surface area contributed by atoms with Crippen LogP contribution in [0.3, 0.4) is 0 Å². The van der Waals surface area contributed by atoms with Crippen molar-refractivity contribution < 1.29 is 29.0 Å². The lowest BCUT2D eigenvalue weighted by Crippen LogP contribution is -2.19. The van der Waals surface area contributed by atoms with Gasteiger partial charge in [-0.2, -0.15) is 0 Å². The number of carboxylic acids is 1. The number of ether oxygens (including phenoxy) is 1. The van der Waals surface area contributed by atoms with Crippen LogP contribution in [0, 0.1) is 5.92 Å². The topological polar surface area (TPSA) is 97.7 Å². The summed E-state index contributed by atoms with van der Waals surface area (Å²) in [6, 6.07) is 0. The highest BCUT2D eigenvalue weighted by atomic mass is 16.5. The van der Waals surface area contributed by atoms with Crippen molar-refractivity contribution in [2.45, 2.75) is 71.8 Å². The molecule has 0 fully saturated rings. The van der Waals surface area contributed by atoms with E-state index in [0.29, 0.717) is 12.8 Å². The molecule has 0 aliphatic carbocycles. The van der Waals surface area contributed by atoms with E-state index in [0.717, 1.165) is 0 Å². The molecule has 0 amide bonds. The first-order valence-electron chi connectivity index (χ1n) is 7.71. The molecule has 0 saturated carbocycles. The molecular formula is C16H26O6. The van der Waals surface area contributed by atoms with Crippen LogP contribution in [0.2, 0.25) is 0 Å². The van der Waals surface area contributed by atoms with E-state index < -0.39 is 11.9 Å². The SMILES string of the molecule is CCC(CCC(=O)CCC(=O)C(C)C)OC(=O)CCC(=O)O. The fourth-order valence-corrected chi connectivity index (χ4v) is 1.80. The van der Waals surface area contributed by atoms with E-state index >= 15 is 0 Å². The predicted octanol–water partition coefficient (Wildman–Crippen LogP) is 2.53. The molecule has 0 aromatic carbocycles. The summed E-state index contributed by atoms with van der Waals surface area (Å²) in [4.78, 5) is 45.0. The van der Waals surface area contributed by atoms with Crippen molar-refractivity contribution >= 4 is 23.5 Å². The molecular weight excluding hydrogens is 288 g/mol. The summed E-state index contributed by atoms with van der Waals surface area (Å²) in [5, 5.41) is 8.49. The van der Waals surface area contributed by atoms with Crippen molar-refractivity contribution in [1.82, 2.24) is 0 Å². The number of rotatable bonds is 12. The normalized spacial score (nSPS) is 12.0. The van der Waals surface area contributed by atoms with E-state index in [9.17, 15) is 19.2 Å². The molecule has 0 heterocycles. The Hall–Kier alpha value is -1.72. The Morgan fingerprint density at radius 2 is 1.59 bits per heavy atom. The molecule has 22 heavy (non-hydrogen) atoms. The quantitative estimate of drug-likeness (QED) is 0.556. The molecule has 0 aromatic heterocycles. The molecule has 0 aromatic rings. The fourth-order valence-electron chi connectivity index (χ4n) is 1.80. The summed E-state index contributed by atoms with van der Waals surface area (Å²) in [7, 11) is 0. The number of carbonyl (C=O) groups is 4. The second-order valence-corrected chi connectivity index (χ2v) is 5.61. The zero-order valence-electron chi connectivity index (χ0n) is 13.6. The lowest BCUT2D eigenvalue weighted by molar-refractivity contribution is -0.152. The summed E-state index contributed by atoms with van der Waals surface area (Å²) in [6.07, 6.45) is 0.906. The minimum atomic E-state index is -1.05. The highest BCUT2D eigenvalue weighted by molar-refractivity contribution is 5.86. The third kappa shape index (κ3) is 10.1. The highest BCUT2D eigenvalue weighted by Gasteiger charge is 2.16. The Balaban J connectivity index is 4.02. The maximum Gasteiger partial charge on any atom is 0.306 e. The average molecular weight is 314 g/mol. The standard InChI is InChI=1S/C16H26O6/c1-4-13(22-16(21)10-9-15(19)20)7-5-12(17)6-8-14(18)11(2)3/h11,13H,4-10H2,1-3H3,(H,19,20). The number of ketones is 2. The van der Waals surface area contributed by atoms with Crippen LogP contribution < -0.4 is 0 Å². The number of esters is 1. The molecule has 0 spiro atoms. The molecule has 0 radical (unpaired) electrons. The fraction of sp³-hybridized carbons (Fsp3) is 0.750. The van der Waals surface area contributed by atoms with Crippen molar-refractivity contribution in [2.75, 3.05) is 0 Å². The van der Waals surface area contributed by atoms with Gasteiger partial charge in [0.25, 0.3) is 0 Å². The second-order valence-electron chi connectivity index (χ2n) is 5.61. The molecule has 6 nitrogen and oxygen atoms in total. The van der Waals surface area contributed by atoms with E-state index in [2.05, 4.69) is 0 Å². The third-order valence-electron chi connectivity index (χ3n) is 3.34. The van der Waals surface area contributed by atoms with Gasteiger partial charge in [0.1, 0.15) is 17.7 Å². The largest absolute Gasteiger partial charge is 0.481 e. The number of aliphatic carboxylic acids is 1. The van der Waals surface area contributed by atoms with E-state index in [1.54, 1.807) is 13.8 Å². The van der Waals surface area contributed by atoms with Crippen molar-refractivity contribution in [1.29, 1.82) is 0 Å². The summed E-state index contributed by atoms with van der Waals surface area (Å²) in [5.41, 5.74) is 0. The van der Waals surface area contributed by atoms with Gasteiger partial charge in [-0.25, -0.2) is 0 Å². The monoisotopic (exact) mass is 314 g/mol. The lowest BCUT2D eigenvalue weighted by atomic mass is 10.0. The maximum atomic E-state index is 11.7. The van der Waals surface area contributed by atoms with Gasteiger partial charge in [0, 0.05) is 25.2 Å². The van der Waals surface area contributed by atoms with Crippen LogP contribution in [-0.4, -0.2) is 34.7 Å². The first-order valence-corrected chi connectivity index (χ1v) is 7.71. The zero-order valence-corrected chi connectivity index (χ0v) is 13.6. The van der Waals surface area contributed by atoms with Gasteiger partial charge in [-0.1, -0.05) is 20.8 Å². The van der Waals surface area contributed by atoms with Gasteiger partial charge in [-0.05, 0) is 12.8 Å². The summed E-state index contributed by atoms with van der Waals surface area (Å²) < 4.78 is 5.14. The van der Waals surface area contributed by atoms with Crippen LogP contribution in [0.1, 0.15) is 65.7 Å². The molecule has 1 N–H and O–H groups in total. The van der Waals surface area contributed by atoms with Crippen molar-refractivity contribution in [3.8, 4) is 0 Å². The number of carboxylic acid groups (broad SMARTS) is 1. The first kappa shape index (κ1) is 20.3. The predicted molar refractivity (Wildman–Crippen MR) is 80.4 cm³/mol. The Bertz CT molecular complexity index is 399. The van der Waals surface area contributed by atoms with Gasteiger partial charge in [-0.15, -0.1) is 0 Å². The number of Topliss-reactive ketones (excluding diaryl/α,β-unsaturated/α-hetero) is 2. The van der Waals surface area contributed by atoms with E-state index in [1.165, 1.54) is 0 Å². The molecule has 1 unspecified atom stereocenters. The van der Waals surface area contributed by atoms with Gasteiger partial charge < -0.3 is 9.84 Å². The molecule has 1 atom stereocenters. The van der Waals surface area contributed by atoms with Gasteiger partial charge >= 0.3 is 11.9 Å². The minimum Gasteiger partial charge on any atom is -0.481 e. The second kappa shape index (κ2) is 10.9. The lowest BCUT2D eigenvalue weighted by Gasteiger charge is -2.15. The van der Waals surface area contributed by atoms with Gasteiger partial charge in [0.05, 0.1) is 12.8 Å². The number of hydrogen-bond donors (Lipinski definition) is 1. The Morgan fingerprint density at radius 3 is 2.09 bits per heavy atom. The minimum absolute atomic E-state index is 0.0194. The number of hydrogen-bond acceptors (Lipinski definition) is 5. The Kier molecular flexibility index (Phi) is 10.1. The van der Waals surface area contributed by atoms with E-state index in [4.69, 9.17) is 9.84 Å². The summed E-state index contributed by atoms with van der Waals surface area (Å²) in [6.45, 7) is 5.44. The van der Waals surface area contributed by atoms with Crippen LogP contribution in [-0.2, 0) is 23.9 Å². The summed E-state index contributed by atoms with van der Waals surface area (Å²) >= 11 is 0. The molecule has 0 rings (SSSR count). The van der Waals surface area contributed by atoms with Gasteiger partial charge in [-0.3, -0.25) is 19.2 Å². The molecule has 0 saturated heterocycles. The summed E-state index contributed by atoms with van der Waals surface area (Å²) in [5.74, 6) is -1.62. The molecule has 126 valence electrons. The van der Waals surface area contributed by atoms with Gasteiger partial charge in [0.2, 0.25) is 0 Å². The maximum absolute atomic E-state index is 11.7. The Morgan fingerprint density at radius 1 is 0.955 bits per heavy atom. The van der Waals surface area contributed by atoms with Crippen LogP contribution in [0.5, 0.6) is 0 Å². The van der Waals surface area contributed by atoms with Crippen LogP contribution in [0.15, 0.2) is 0 Å². The van der Waals surface area contributed by atoms with Crippen molar-refractivity contribution in [3.05, 3.63) is 0 Å². The third-order valence-corrected chi connectivity index (χ3v) is 3.34. The van der Waals surface area contributed by atoms with Crippen LogP contribution in [0.4, 0.5) is 0 Å². The smallest absolute Gasteiger partial charge is 0.306 e. The average Bonchev–Trinajstić information content (AvgIpc) is 2.46. The molecule has 0 aliphatic heterocycles. The number of carbonyl (C=O) groups excluding carboxylic acids is 3. The van der Waals surface area contributed by atoms with Crippen molar-refractivity contribution in [3.63, 3.8) is 0 Å². The molecule has 6 heteroatoms. The van der Waals surface area contributed by atoms with Crippen LogP contribution in [0.25, 0.3) is 0 Å². The van der Waals surface area contributed by atoms with Crippen molar-refractivity contribution in [2.24, 2.45) is 5.92 Å². The first-order chi connectivity index (χ1) is 10.3. The zero-order chi connectivity index (χ0) is 17.1. The molecule has 0 aliphatic rings. The van der Waals surface area contributed by atoms with Gasteiger partial charge in [0.15, 0.2) is 0 Å².